The minimum absolute atomic E-state index is 0.420. The lowest BCUT2D eigenvalue weighted by Crippen LogP contribution is -2.21. The molecule has 0 bridgehead atoms. The third kappa shape index (κ3) is 2.85. The molecule has 0 fully saturated rings. The predicted octanol–water partition coefficient (Wildman–Crippen LogP) is 6.15. The Kier molecular flexibility index (Phi) is 4.51. The van der Waals surface area contributed by atoms with Crippen molar-refractivity contribution in [3.63, 3.8) is 0 Å². The summed E-state index contributed by atoms with van der Waals surface area (Å²) in [7, 11) is -3.18. The van der Waals surface area contributed by atoms with Crippen LogP contribution in [-0.4, -0.2) is 4.57 Å². The molecule has 0 amide bonds. The van der Waals surface area contributed by atoms with Crippen LogP contribution in [0.5, 0.6) is 0 Å². The number of rotatable bonds is 2. The first-order valence-electron chi connectivity index (χ1n) is 11.9. The fraction of sp³-hybridized carbons (Fsp3) is 0. The van der Waals surface area contributed by atoms with Crippen molar-refractivity contribution in [3.05, 3.63) is 120 Å². The average Bonchev–Trinajstić information content (AvgIpc) is 3.44. The molecule has 1 unspecified atom stereocenters. The summed E-state index contributed by atoms with van der Waals surface area (Å²) in [5.74, 6) is 0. The van der Waals surface area contributed by atoms with E-state index in [1.54, 1.807) is 18.2 Å². The third-order valence-corrected chi connectivity index (χ3v) is 10.4. The van der Waals surface area contributed by atoms with E-state index in [0.717, 1.165) is 54.5 Å². The van der Waals surface area contributed by atoms with Crippen molar-refractivity contribution in [3.8, 4) is 29.0 Å². The third-order valence-electron chi connectivity index (χ3n) is 7.21. The summed E-state index contributed by atoms with van der Waals surface area (Å²) in [6.45, 7) is 0. The maximum absolute atomic E-state index is 15.4. The van der Waals surface area contributed by atoms with Crippen molar-refractivity contribution in [1.29, 1.82) is 10.5 Å². The van der Waals surface area contributed by atoms with E-state index in [-0.39, 0.29) is 0 Å². The van der Waals surface area contributed by atoms with Gasteiger partial charge in [-0.25, -0.2) is 0 Å². The standard InChI is InChI=1S/C32H18N3OP/c33-19-21-16-22(20-34)18-23(17-21)35-28-12-6-4-11-27(28)31-29(35)15-14-26-25-10-5-7-13-30(25)37(36,32(26)31)24-8-2-1-3-9-24/h1-18H. The van der Waals surface area contributed by atoms with Crippen molar-refractivity contribution in [2.24, 2.45) is 0 Å². The van der Waals surface area contributed by atoms with Crippen molar-refractivity contribution in [2.45, 2.75) is 0 Å². The number of hydrogen-bond donors (Lipinski definition) is 0. The van der Waals surface area contributed by atoms with Gasteiger partial charge in [-0.3, -0.25) is 0 Å². The molecular weight excluding hydrogens is 473 g/mol. The second kappa shape index (κ2) is 7.81. The average molecular weight is 491 g/mol. The van der Waals surface area contributed by atoms with E-state index in [1.165, 1.54) is 0 Å². The van der Waals surface area contributed by atoms with Crippen LogP contribution >= 0.6 is 7.14 Å². The van der Waals surface area contributed by atoms with Gasteiger partial charge < -0.3 is 9.13 Å². The number of benzene rings is 5. The van der Waals surface area contributed by atoms with Crippen LogP contribution in [0.2, 0.25) is 0 Å². The second-order valence-corrected chi connectivity index (χ2v) is 11.8. The molecule has 0 saturated carbocycles. The Hall–Kier alpha value is -4.89. The summed E-state index contributed by atoms with van der Waals surface area (Å²) in [6, 6.07) is 39.5. The minimum atomic E-state index is -3.18. The van der Waals surface area contributed by atoms with E-state index >= 15 is 4.57 Å². The fourth-order valence-electron chi connectivity index (χ4n) is 5.74. The lowest BCUT2D eigenvalue weighted by molar-refractivity contribution is 0.593. The van der Waals surface area contributed by atoms with Gasteiger partial charge in [-0.15, -0.1) is 0 Å². The zero-order chi connectivity index (χ0) is 25.1. The topological polar surface area (TPSA) is 69.6 Å². The number of hydrogen-bond acceptors (Lipinski definition) is 3. The highest BCUT2D eigenvalue weighted by Crippen LogP contribution is 2.55. The van der Waals surface area contributed by atoms with E-state index in [1.807, 2.05) is 66.7 Å². The summed E-state index contributed by atoms with van der Waals surface area (Å²) in [4.78, 5) is 0. The Morgan fingerprint density at radius 1 is 0.649 bits per heavy atom. The van der Waals surface area contributed by atoms with Crippen LogP contribution in [0.25, 0.3) is 38.6 Å². The summed E-state index contributed by atoms with van der Waals surface area (Å²) < 4.78 is 17.4. The van der Waals surface area contributed by atoms with Crippen molar-refractivity contribution >= 4 is 44.9 Å². The Morgan fingerprint density at radius 3 is 2.08 bits per heavy atom. The molecule has 7 rings (SSSR count). The quantitative estimate of drug-likeness (QED) is 0.273. The Morgan fingerprint density at radius 2 is 1.32 bits per heavy atom. The first-order chi connectivity index (χ1) is 18.1. The molecule has 37 heavy (non-hydrogen) atoms. The van der Waals surface area contributed by atoms with E-state index in [9.17, 15) is 10.5 Å². The highest BCUT2D eigenvalue weighted by Gasteiger charge is 2.42. The van der Waals surface area contributed by atoms with Crippen LogP contribution in [0.1, 0.15) is 11.1 Å². The van der Waals surface area contributed by atoms with Gasteiger partial charge in [-0.2, -0.15) is 10.5 Å². The highest BCUT2D eigenvalue weighted by molar-refractivity contribution is 7.86. The summed E-state index contributed by atoms with van der Waals surface area (Å²) >= 11 is 0. The molecule has 0 N–H and O–H groups in total. The predicted molar refractivity (Wildman–Crippen MR) is 149 cm³/mol. The van der Waals surface area contributed by atoms with Gasteiger partial charge in [-0.1, -0.05) is 78.9 Å². The molecule has 6 aromatic rings. The van der Waals surface area contributed by atoms with Gasteiger partial charge in [0.2, 0.25) is 0 Å². The maximum atomic E-state index is 15.4. The summed E-state index contributed by atoms with van der Waals surface area (Å²) in [5.41, 5.74) is 5.38. The fourth-order valence-corrected chi connectivity index (χ4v) is 9.02. The Labute approximate surface area is 213 Å². The summed E-state index contributed by atoms with van der Waals surface area (Å²) in [5, 5.41) is 23.7. The van der Waals surface area contributed by atoms with Gasteiger partial charge in [0, 0.05) is 32.4 Å². The summed E-state index contributed by atoms with van der Waals surface area (Å²) in [6.07, 6.45) is 0. The van der Waals surface area contributed by atoms with Crippen molar-refractivity contribution < 1.29 is 4.57 Å². The molecule has 0 saturated heterocycles. The largest absolute Gasteiger partial charge is 0.309 e. The smallest absolute Gasteiger partial charge is 0.172 e. The van der Waals surface area contributed by atoms with Crippen molar-refractivity contribution in [2.75, 3.05) is 0 Å². The first-order valence-corrected chi connectivity index (χ1v) is 13.6. The van der Waals surface area contributed by atoms with Gasteiger partial charge in [-0.05, 0) is 41.5 Å². The number of para-hydroxylation sites is 1. The van der Waals surface area contributed by atoms with E-state index in [0.29, 0.717) is 11.1 Å². The molecule has 5 aromatic carbocycles. The maximum Gasteiger partial charge on any atom is 0.172 e. The molecule has 2 heterocycles. The van der Waals surface area contributed by atoms with Crippen LogP contribution in [0.3, 0.4) is 0 Å². The van der Waals surface area contributed by atoms with Gasteiger partial charge in [0.05, 0.1) is 34.3 Å². The van der Waals surface area contributed by atoms with E-state index in [4.69, 9.17) is 0 Å². The zero-order valence-corrected chi connectivity index (χ0v) is 20.5. The molecule has 1 aliphatic heterocycles. The number of fused-ring (bicyclic) bond motifs is 7. The van der Waals surface area contributed by atoms with Crippen molar-refractivity contribution in [1.82, 2.24) is 4.57 Å². The van der Waals surface area contributed by atoms with Gasteiger partial charge >= 0.3 is 0 Å². The lowest BCUT2D eigenvalue weighted by atomic mass is 10.0. The minimum Gasteiger partial charge on any atom is -0.309 e. The van der Waals surface area contributed by atoms with Crippen LogP contribution in [0.15, 0.2) is 109 Å². The first kappa shape index (κ1) is 21.4. The Bertz CT molecular complexity index is 2010. The molecule has 1 aliphatic rings. The number of aromatic nitrogens is 1. The highest BCUT2D eigenvalue weighted by atomic mass is 31.2. The molecule has 0 spiro atoms. The van der Waals surface area contributed by atoms with Crippen LogP contribution < -0.4 is 15.9 Å². The van der Waals surface area contributed by atoms with Gasteiger partial charge in [0.15, 0.2) is 7.14 Å². The molecule has 5 heteroatoms. The van der Waals surface area contributed by atoms with Crippen LogP contribution in [0, 0.1) is 22.7 Å². The molecule has 1 atom stereocenters. The molecule has 0 aliphatic carbocycles. The normalized spacial score (nSPS) is 15.7. The molecule has 0 radical (unpaired) electrons. The SMILES string of the molecule is N#Cc1cc(C#N)cc(-n2c3ccccc3c3c4c(ccc32)-c2ccccc2P4(=O)c2ccccc2)c1. The van der Waals surface area contributed by atoms with Gasteiger partial charge in [0.25, 0.3) is 0 Å². The molecule has 172 valence electrons. The molecular formula is C32H18N3OP. The van der Waals surface area contributed by atoms with Gasteiger partial charge in [0.1, 0.15) is 0 Å². The zero-order valence-electron chi connectivity index (χ0n) is 19.6. The van der Waals surface area contributed by atoms with E-state index in [2.05, 4.69) is 41.0 Å². The second-order valence-electron chi connectivity index (χ2n) is 9.16. The molecule has 4 nitrogen and oxygen atoms in total. The van der Waals surface area contributed by atoms with Crippen LogP contribution in [0.4, 0.5) is 0 Å². The lowest BCUT2D eigenvalue weighted by Gasteiger charge is -2.17. The monoisotopic (exact) mass is 491 g/mol. The van der Waals surface area contributed by atoms with Crippen LogP contribution in [-0.2, 0) is 4.57 Å². The Balaban J connectivity index is 1.68. The number of nitrogens with zero attached hydrogens (tertiary/aromatic N) is 3. The number of nitriles is 2. The molecule has 1 aromatic heterocycles. The van der Waals surface area contributed by atoms with E-state index < -0.39 is 7.14 Å².